The highest BCUT2D eigenvalue weighted by Gasteiger charge is 2.31. The minimum atomic E-state index is -0.407. The Morgan fingerprint density at radius 3 is 1.80 bits per heavy atom. The minimum absolute atomic E-state index is 0.213. The van der Waals surface area contributed by atoms with Crippen molar-refractivity contribution in [3.05, 3.63) is 72.9 Å². The maximum atomic E-state index is 11.3. The van der Waals surface area contributed by atoms with Crippen molar-refractivity contribution in [1.82, 2.24) is 0 Å². The van der Waals surface area contributed by atoms with E-state index in [-0.39, 0.29) is 12.3 Å². The van der Waals surface area contributed by atoms with Crippen LogP contribution in [0.5, 0.6) is 0 Å². The first kappa shape index (κ1) is 20.6. The van der Waals surface area contributed by atoms with Crippen molar-refractivity contribution in [2.24, 2.45) is 5.92 Å². The van der Waals surface area contributed by atoms with Crippen LogP contribution >= 0.6 is 0 Å². The molecule has 1 saturated heterocycles. The molecule has 0 amide bonds. The van der Waals surface area contributed by atoms with Crippen LogP contribution in [-0.2, 0) is 14.3 Å². The fraction of sp³-hybridized carbons (Fsp3) is 0.364. The summed E-state index contributed by atoms with van der Waals surface area (Å²) in [6.45, 7) is 2.01. The Morgan fingerprint density at radius 2 is 1.32 bits per heavy atom. The van der Waals surface area contributed by atoms with Crippen molar-refractivity contribution >= 4 is 11.9 Å². The third-order valence-electron chi connectivity index (χ3n) is 3.58. The van der Waals surface area contributed by atoms with Gasteiger partial charge >= 0.3 is 11.9 Å². The predicted octanol–water partition coefficient (Wildman–Crippen LogP) is 5.38. The minimum Gasteiger partial charge on any atom is -0.393 e. The predicted molar refractivity (Wildman–Crippen MR) is 103 cm³/mol. The van der Waals surface area contributed by atoms with Crippen LogP contribution in [0.1, 0.15) is 45.4 Å². The number of carbonyl (C=O) groups excluding carboxylic acids is 2. The van der Waals surface area contributed by atoms with Gasteiger partial charge in [-0.1, -0.05) is 72.9 Å². The van der Waals surface area contributed by atoms with Crippen molar-refractivity contribution in [2.75, 3.05) is 0 Å². The molecule has 0 aromatic carbocycles. The fourth-order valence-corrected chi connectivity index (χ4v) is 2.22. The summed E-state index contributed by atoms with van der Waals surface area (Å²) in [5, 5.41) is 0. The maximum Gasteiger partial charge on any atom is 0.317 e. The van der Waals surface area contributed by atoms with Gasteiger partial charge in [0.05, 0.1) is 12.3 Å². The molecule has 3 heteroatoms. The van der Waals surface area contributed by atoms with E-state index in [9.17, 15) is 9.59 Å². The molecular weight excluding hydrogens is 312 g/mol. The number of hydrogen-bond donors (Lipinski definition) is 0. The normalized spacial score (nSPS) is 19.2. The summed E-state index contributed by atoms with van der Waals surface area (Å²) >= 11 is 0. The molecule has 1 fully saturated rings. The molecule has 0 radical (unpaired) electrons. The van der Waals surface area contributed by atoms with Crippen LogP contribution in [0.4, 0.5) is 0 Å². The Kier molecular flexibility index (Phi) is 11.5. The van der Waals surface area contributed by atoms with E-state index in [0.29, 0.717) is 6.42 Å². The second-order valence-corrected chi connectivity index (χ2v) is 5.71. The van der Waals surface area contributed by atoms with Crippen LogP contribution in [0.25, 0.3) is 0 Å². The van der Waals surface area contributed by atoms with Gasteiger partial charge in [-0.25, -0.2) is 0 Å². The largest absolute Gasteiger partial charge is 0.393 e. The highest BCUT2D eigenvalue weighted by Crippen LogP contribution is 2.19. The van der Waals surface area contributed by atoms with Crippen LogP contribution in [0.3, 0.4) is 0 Å². The first-order valence-corrected chi connectivity index (χ1v) is 8.86. The summed E-state index contributed by atoms with van der Waals surface area (Å²) in [4.78, 5) is 22.2. The molecule has 1 rings (SSSR count). The third kappa shape index (κ3) is 10.9. The van der Waals surface area contributed by atoms with Crippen molar-refractivity contribution in [1.29, 1.82) is 0 Å². The Labute approximate surface area is 151 Å². The van der Waals surface area contributed by atoms with Gasteiger partial charge in [0.15, 0.2) is 0 Å². The summed E-state index contributed by atoms with van der Waals surface area (Å²) < 4.78 is 4.51. The summed E-state index contributed by atoms with van der Waals surface area (Å²) in [5.41, 5.74) is 0. The Bertz CT molecular complexity index is 574. The quantitative estimate of drug-likeness (QED) is 0.219. The van der Waals surface area contributed by atoms with Gasteiger partial charge in [-0.3, -0.25) is 9.59 Å². The average Bonchev–Trinajstić information content (AvgIpc) is 2.92. The zero-order valence-electron chi connectivity index (χ0n) is 15.0. The van der Waals surface area contributed by atoms with Gasteiger partial charge < -0.3 is 4.74 Å². The smallest absolute Gasteiger partial charge is 0.317 e. The summed E-state index contributed by atoms with van der Waals surface area (Å²) in [6, 6.07) is 0. The van der Waals surface area contributed by atoms with Gasteiger partial charge in [-0.2, -0.15) is 0 Å². The second kappa shape index (κ2) is 14.0. The van der Waals surface area contributed by atoms with Gasteiger partial charge in [-0.15, -0.1) is 0 Å². The van der Waals surface area contributed by atoms with E-state index >= 15 is 0 Å². The van der Waals surface area contributed by atoms with Crippen molar-refractivity contribution < 1.29 is 14.3 Å². The second-order valence-electron chi connectivity index (χ2n) is 5.71. The Hall–Kier alpha value is -2.42. The molecule has 1 heterocycles. The van der Waals surface area contributed by atoms with Gasteiger partial charge in [0.1, 0.15) is 0 Å². The van der Waals surface area contributed by atoms with Gasteiger partial charge in [-0.05, 0) is 39.0 Å². The first-order chi connectivity index (χ1) is 12.2. The SMILES string of the molecule is CC=CC=CCC=CCC=CCC=CCC=CCC1CC(=O)OC1=O. The number of ether oxygens (including phenoxy) is 1. The van der Waals surface area contributed by atoms with Crippen LogP contribution < -0.4 is 0 Å². The van der Waals surface area contributed by atoms with E-state index in [2.05, 4.69) is 53.3 Å². The molecule has 1 atom stereocenters. The van der Waals surface area contributed by atoms with E-state index in [1.165, 1.54) is 0 Å². The number of rotatable bonds is 11. The average molecular weight is 340 g/mol. The Balaban J connectivity index is 2.02. The zero-order valence-corrected chi connectivity index (χ0v) is 15.0. The molecule has 1 aliphatic rings. The molecule has 0 N–H and O–H groups in total. The summed E-state index contributed by atoms with van der Waals surface area (Å²) in [6.07, 6.45) is 29.5. The number of hydrogen-bond acceptors (Lipinski definition) is 3. The number of allylic oxidation sites excluding steroid dienone is 12. The van der Waals surface area contributed by atoms with E-state index < -0.39 is 11.9 Å². The van der Waals surface area contributed by atoms with Crippen LogP contribution in [0, 0.1) is 5.92 Å². The molecule has 1 aliphatic heterocycles. The van der Waals surface area contributed by atoms with Gasteiger partial charge in [0.25, 0.3) is 0 Å². The highest BCUT2D eigenvalue weighted by molar-refractivity contribution is 5.94. The first-order valence-electron chi connectivity index (χ1n) is 8.86. The topological polar surface area (TPSA) is 43.4 Å². The van der Waals surface area contributed by atoms with E-state index in [0.717, 1.165) is 25.7 Å². The van der Waals surface area contributed by atoms with Crippen molar-refractivity contribution in [3.8, 4) is 0 Å². The fourth-order valence-electron chi connectivity index (χ4n) is 2.22. The van der Waals surface area contributed by atoms with E-state index in [1.807, 2.05) is 31.2 Å². The van der Waals surface area contributed by atoms with Crippen molar-refractivity contribution in [2.45, 2.75) is 45.4 Å². The Morgan fingerprint density at radius 1 is 0.800 bits per heavy atom. The number of esters is 2. The van der Waals surface area contributed by atoms with Crippen LogP contribution in [0.2, 0.25) is 0 Å². The molecule has 0 bridgehead atoms. The van der Waals surface area contributed by atoms with E-state index in [1.54, 1.807) is 0 Å². The maximum absolute atomic E-state index is 11.3. The molecule has 3 nitrogen and oxygen atoms in total. The third-order valence-corrected chi connectivity index (χ3v) is 3.58. The molecule has 25 heavy (non-hydrogen) atoms. The molecule has 0 saturated carbocycles. The molecule has 0 spiro atoms. The zero-order chi connectivity index (χ0) is 18.2. The molecular formula is C22H28O3. The molecule has 1 unspecified atom stereocenters. The molecule has 134 valence electrons. The lowest BCUT2D eigenvalue weighted by atomic mass is 10.0. The lowest BCUT2D eigenvalue weighted by Crippen LogP contribution is -2.05. The van der Waals surface area contributed by atoms with Crippen LogP contribution in [0.15, 0.2) is 72.9 Å². The van der Waals surface area contributed by atoms with Crippen molar-refractivity contribution in [3.63, 3.8) is 0 Å². The van der Waals surface area contributed by atoms with E-state index in [4.69, 9.17) is 0 Å². The van der Waals surface area contributed by atoms with Gasteiger partial charge in [0, 0.05) is 0 Å². The van der Waals surface area contributed by atoms with Gasteiger partial charge in [0.2, 0.25) is 0 Å². The molecule has 0 aromatic heterocycles. The summed E-state index contributed by atoms with van der Waals surface area (Å²) in [7, 11) is 0. The lowest BCUT2D eigenvalue weighted by Gasteiger charge is -1.97. The standard InChI is InChI=1S/C22H28O3/c1-2-3-4-5-6-7-8-9-10-11-12-13-14-15-16-17-18-20-19-21(23)25-22(20)24/h2-5,7-8,10-11,13-14,16-17,20H,6,9,12,15,18-19H2,1H3. The number of carbonyl (C=O) groups is 2. The molecule has 0 aliphatic carbocycles. The highest BCUT2D eigenvalue weighted by atomic mass is 16.6. The number of cyclic esters (lactones) is 2. The lowest BCUT2D eigenvalue weighted by molar-refractivity contribution is -0.153. The summed E-state index contributed by atoms with van der Waals surface area (Å²) in [5.74, 6) is -1.09. The molecule has 0 aromatic rings. The van der Waals surface area contributed by atoms with Crippen LogP contribution in [-0.4, -0.2) is 11.9 Å². The monoisotopic (exact) mass is 340 g/mol.